The molecule has 0 N–H and O–H groups in total. The number of rotatable bonds is 3. The summed E-state index contributed by atoms with van der Waals surface area (Å²) in [6.45, 7) is 4.01. The van der Waals surface area contributed by atoms with Gasteiger partial charge in [-0.2, -0.15) is 0 Å². The van der Waals surface area contributed by atoms with Crippen molar-refractivity contribution in [2.24, 2.45) is 0 Å². The van der Waals surface area contributed by atoms with E-state index in [1.54, 1.807) is 25.3 Å². The van der Waals surface area contributed by atoms with Crippen LogP contribution in [-0.4, -0.2) is 12.9 Å². The molecule has 0 spiro atoms. The van der Waals surface area contributed by atoms with Crippen LogP contribution >= 0.6 is 11.6 Å². The lowest BCUT2D eigenvalue weighted by Gasteiger charge is -2.07. The lowest BCUT2D eigenvalue weighted by Crippen LogP contribution is -2.02. The van der Waals surface area contributed by atoms with Crippen LogP contribution in [0.1, 0.15) is 27.0 Å². The molecule has 0 atom stereocenters. The van der Waals surface area contributed by atoms with Crippen LogP contribution in [0.4, 0.5) is 0 Å². The number of methoxy groups -OCH3 is 1. The van der Waals surface area contributed by atoms with Crippen LogP contribution < -0.4 is 4.74 Å². The van der Waals surface area contributed by atoms with Crippen molar-refractivity contribution >= 4 is 17.4 Å². The smallest absolute Gasteiger partial charge is 0.193 e. The fourth-order valence-corrected chi connectivity index (χ4v) is 2.11. The normalized spacial score (nSPS) is 10.3. The summed E-state index contributed by atoms with van der Waals surface area (Å²) in [5, 5.41) is 0.442. The van der Waals surface area contributed by atoms with Crippen molar-refractivity contribution in [2.45, 2.75) is 13.8 Å². The fraction of sp³-hybridized carbons (Fsp3) is 0.188. The van der Waals surface area contributed by atoms with Crippen molar-refractivity contribution in [1.29, 1.82) is 0 Å². The molecule has 0 heterocycles. The van der Waals surface area contributed by atoms with Gasteiger partial charge in [0.1, 0.15) is 5.75 Å². The molecule has 0 saturated heterocycles. The van der Waals surface area contributed by atoms with Crippen molar-refractivity contribution in [2.75, 3.05) is 7.11 Å². The molecule has 0 amide bonds. The standard InChI is InChI=1S/C16H15ClO2/c1-10-4-5-12(8-11(10)2)16(18)13-6-7-15(19-3)14(17)9-13/h4-9H,1-3H3. The van der Waals surface area contributed by atoms with Crippen LogP contribution in [0, 0.1) is 13.8 Å². The molecule has 0 saturated carbocycles. The van der Waals surface area contributed by atoms with Crippen molar-refractivity contribution in [3.05, 3.63) is 63.7 Å². The van der Waals surface area contributed by atoms with Gasteiger partial charge in [0.25, 0.3) is 0 Å². The second kappa shape index (κ2) is 5.45. The third-order valence-electron chi connectivity index (χ3n) is 3.18. The van der Waals surface area contributed by atoms with Crippen molar-refractivity contribution in [3.63, 3.8) is 0 Å². The van der Waals surface area contributed by atoms with E-state index >= 15 is 0 Å². The summed E-state index contributed by atoms with van der Waals surface area (Å²) < 4.78 is 5.08. The van der Waals surface area contributed by atoms with Crippen LogP contribution in [0.3, 0.4) is 0 Å². The summed E-state index contributed by atoms with van der Waals surface area (Å²) in [6.07, 6.45) is 0. The van der Waals surface area contributed by atoms with Gasteiger partial charge in [-0.25, -0.2) is 0 Å². The van der Waals surface area contributed by atoms with E-state index in [9.17, 15) is 4.79 Å². The molecule has 0 aliphatic rings. The number of hydrogen-bond acceptors (Lipinski definition) is 2. The molecular weight excluding hydrogens is 260 g/mol. The molecule has 2 aromatic rings. The van der Waals surface area contributed by atoms with Crippen LogP contribution in [0.5, 0.6) is 5.75 Å². The highest BCUT2D eigenvalue weighted by Crippen LogP contribution is 2.26. The number of ketones is 1. The van der Waals surface area contributed by atoms with Gasteiger partial charge in [-0.15, -0.1) is 0 Å². The third kappa shape index (κ3) is 2.79. The van der Waals surface area contributed by atoms with E-state index in [-0.39, 0.29) is 5.78 Å². The van der Waals surface area contributed by atoms with Crippen LogP contribution in [-0.2, 0) is 0 Å². The Labute approximate surface area is 118 Å². The Hall–Kier alpha value is -1.80. The molecule has 3 heteroatoms. The Morgan fingerprint density at radius 2 is 1.63 bits per heavy atom. The van der Waals surface area contributed by atoms with E-state index in [2.05, 4.69) is 0 Å². The molecule has 0 aromatic heterocycles. The quantitative estimate of drug-likeness (QED) is 0.784. The Morgan fingerprint density at radius 3 is 2.21 bits per heavy atom. The van der Waals surface area contributed by atoms with E-state index in [1.165, 1.54) is 5.56 Å². The lowest BCUT2D eigenvalue weighted by atomic mass is 9.99. The van der Waals surface area contributed by atoms with Gasteiger partial charge in [0.15, 0.2) is 5.78 Å². The molecule has 0 bridgehead atoms. The summed E-state index contributed by atoms with van der Waals surface area (Å²) in [7, 11) is 1.55. The SMILES string of the molecule is COc1ccc(C(=O)c2ccc(C)c(C)c2)cc1Cl. The highest BCUT2D eigenvalue weighted by molar-refractivity contribution is 6.32. The van der Waals surface area contributed by atoms with E-state index in [1.807, 2.05) is 32.0 Å². The maximum absolute atomic E-state index is 12.4. The second-order valence-corrected chi connectivity index (χ2v) is 4.88. The van der Waals surface area contributed by atoms with Crippen LogP contribution in [0.15, 0.2) is 36.4 Å². The Bertz CT molecular complexity index is 633. The molecule has 2 nitrogen and oxygen atoms in total. The zero-order valence-electron chi connectivity index (χ0n) is 11.2. The predicted octanol–water partition coefficient (Wildman–Crippen LogP) is 4.20. The van der Waals surface area contributed by atoms with Gasteiger partial charge in [-0.3, -0.25) is 4.79 Å². The third-order valence-corrected chi connectivity index (χ3v) is 3.48. The Balaban J connectivity index is 2.38. The van der Waals surface area contributed by atoms with Crippen molar-refractivity contribution < 1.29 is 9.53 Å². The molecular formula is C16H15ClO2. The molecule has 0 aliphatic carbocycles. The van der Waals surface area contributed by atoms with Crippen molar-refractivity contribution in [1.82, 2.24) is 0 Å². The van der Waals surface area contributed by atoms with Crippen LogP contribution in [0.2, 0.25) is 5.02 Å². The number of hydrogen-bond donors (Lipinski definition) is 0. The summed E-state index contributed by atoms with van der Waals surface area (Å²) in [4.78, 5) is 12.4. The average Bonchev–Trinajstić information content (AvgIpc) is 2.41. The van der Waals surface area contributed by atoms with E-state index < -0.39 is 0 Å². The van der Waals surface area contributed by atoms with Crippen molar-refractivity contribution in [3.8, 4) is 5.75 Å². The molecule has 0 fully saturated rings. The zero-order chi connectivity index (χ0) is 14.0. The number of carbonyl (C=O) groups is 1. The van der Waals surface area contributed by atoms with Gasteiger partial charge in [0.2, 0.25) is 0 Å². The van der Waals surface area contributed by atoms with Gasteiger partial charge in [0, 0.05) is 11.1 Å². The topological polar surface area (TPSA) is 26.3 Å². The first kappa shape index (κ1) is 13.6. The molecule has 2 rings (SSSR count). The maximum atomic E-state index is 12.4. The van der Waals surface area contributed by atoms with E-state index in [4.69, 9.17) is 16.3 Å². The van der Waals surface area contributed by atoms with Gasteiger partial charge in [0.05, 0.1) is 12.1 Å². The van der Waals surface area contributed by atoms with Gasteiger partial charge < -0.3 is 4.74 Å². The molecule has 0 radical (unpaired) electrons. The number of ether oxygens (including phenoxy) is 1. The van der Waals surface area contributed by atoms with Gasteiger partial charge >= 0.3 is 0 Å². The summed E-state index contributed by atoms with van der Waals surface area (Å²) in [5.74, 6) is 0.533. The number of carbonyl (C=O) groups excluding carboxylic acids is 1. The highest BCUT2D eigenvalue weighted by atomic mass is 35.5. The Kier molecular flexibility index (Phi) is 3.91. The Morgan fingerprint density at radius 1 is 1.00 bits per heavy atom. The maximum Gasteiger partial charge on any atom is 0.193 e. The molecule has 0 aliphatic heterocycles. The molecule has 0 unspecified atom stereocenters. The number of halogens is 1. The van der Waals surface area contributed by atoms with Gasteiger partial charge in [-0.05, 0) is 49.2 Å². The fourth-order valence-electron chi connectivity index (χ4n) is 1.86. The lowest BCUT2D eigenvalue weighted by molar-refractivity contribution is 0.103. The monoisotopic (exact) mass is 274 g/mol. The number of benzene rings is 2. The highest BCUT2D eigenvalue weighted by Gasteiger charge is 2.12. The molecule has 2 aromatic carbocycles. The minimum absolute atomic E-state index is 0.0346. The molecule has 98 valence electrons. The first-order valence-electron chi connectivity index (χ1n) is 5.98. The van der Waals surface area contributed by atoms with E-state index in [0.717, 1.165) is 5.56 Å². The molecule has 19 heavy (non-hydrogen) atoms. The summed E-state index contributed by atoms with van der Waals surface area (Å²) in [6, 6.07) is 10.8. The zero-order valence-corrected chi connectivity index (χ0v) is 11.9. The minimum atomic E-state index is -0.0346. The number of aryl methyl sites for hydroxylation is 2. The second-order valence-electron chi connectivity index (χ2n) is 4.48. The first-order chi connectivity index (χ1) is 9.02. The van der Waals surface area contributed by atoms with Gasteiger partial charge in [-0.1, -0.05) is 23.7 Å². The minimum Gasteiger partial charge on any atom is -0.495 e. The van der Waals surface area contributed by atoms with Crippen LogP contribution in [0.25, 0.3) is 0 Å². The average molecular weight is 275 g/mol. The van der Waals surface area contributed by atoms with E-state index in [0.29, 0.717) is 21.9 Å². The summed E-state index contributed by atoms with van der Waals surface area (Å²) in [5.41, 5.74) is 3.51. The predicted molar refractivity (Wildman–Crippen MR) is 77.4 cm³/mol. The largest absolute Gasteiger partial charge is 0.495 e. The first-order valence-corrected chi connectivity index (χ1v) is 6.36. The summed E-state index contributed by atoms with van der Waals surface area (Å²) >= 11 is 6.04.